The lowest BCUT2D eigenvalue weighted by atomic mass is 10.0. The molecule has 1 N–H and O–H groups in total. The summed E-state index contributed by atoms with van der Waals surface area (Å²) in [6.45, 7) is 4.66. The molecule has 0 saturated heterocycles. The van der Waals surface area contributed by atoms with Crippen molar-refractivity contribution in [3.63, 3.8) is 0 Å². The highest BCUT2D eigenvalue weighted by molar-refractivity contribution is 5.99. The number of hydrogen-bond acceptors (Lipinski definition) is 3. The van der Waals surface area contributed by atoms with Crippen molar-refractivity contribution in [3.8, 4) is 28.4 Å². The van der Waals surface area contributed by atoms with Crippen LogP contribution in [0.4, 0.5) is 0 Å². The van der Waals surface area contributed by atoms with Crippen LogP contribution in [0.25, 0.3) is 22.6 Å². The Hall–Kier alpha value is -3.86. The van der Waals surface area contributed by atoms with E-state index in [1.807, 2.05) is 91.3 Å². The van der Waals surface area contributed by atoms with Crippen molar-refractivity contribution in [1.82, 2.24) is 14.9 Å². The fraction of sp³-hybridized carbons (Fsp3) is 0.241. The molecule has 3 aromatic carbocycles. The van der Waals surface area contributed by atoms with Gasteiger partial charge in [0.25, 0.3) is 5.91 Å². The third kappa shape index (κ3) is 5.04. The lowest BCUT2D eigenvalue weighted by Crippen LogP contribution is -2.30. The summed E-state index contributed by atoms with van der Waals surface area (Å²) in [5.41, 5.74) is 4.08. The molecule has 5 heteroatoms. The van der Waals surface area contributed by atoms with Crippen molar-refractivity contribution in [3.05, 3.63) is 96.2 Å². The van der Waals surface area contributed by atoms with Gasteiger partial charge in [-0.1, -0.05) is 86.1 Å². The second-order valence-electron chi connectivity index (χ2n) is 8.24. The monoisotopic (exact) mass is 453 g/mol. The van der Waals surface area contributed by atoms with Crippen LogP contribution >= 0.6 is 0 Å². The predicted octanol–water partition coefficient (Wildman–Crippen LogP) is 6.42. The number of ether oxygens (including phenoxy) is 1. The predicted molar refractivity (Wildman–Crippen MR) is 137 cm³/mol. The SMILES string of the molecule is CCCC(NC(=O)c1c(-c2cccc(OCC)c2)nc(-c2ccccc2)n1C)c1ccccc1. The van der Waals surface area contributed by atoms with Crippen molar-refractivity contribution in [2.75, 3.05) is 6.61 Å². The molecule has 0 radical (unpaired) electrons. The number of hydrogen-bond donors (Lipinski definition) is 1. The number of nitrogens with zero attached hydrogens (tertiary/aromatic N) is 2. The van der Waals surface area contributed by atoms with E-state index in [1.165, 1.54) is 0 Å². The van der Waals surface area contributed by atoms with Crippen LogP contribution in [0.15, 0.2) is 84.9 Å². The molecule has 1 aromatic heterocycles. The van der Waals surface area contributed by atoms with E-state index in [-0.39, 0.29) is 11.9 Å². The average Bonchev–Trinajstić information content (AvgIpc) is 3.22. The fourth-order valence-electron chi connectivity index (χ4n) is 4.23. The van der Waals surface area contributed by atoms with Gasteiger partial charge >= 0.3 is 0 Å². The van der Waals surface area contributed by atoms with Gasteiger partial charge in [0.15, 0.2) is 0 Å². The molecule has 0 saturated carbocycles. The van der Waals surface area contributed by atoms with Gasteiger partial charge in [-0.2, -0.15) is 0 Å². The quantitative estimate of drug-likeness (QED) is 0.318. The fourth-order valence-corrected chi connectivity index (χ4v) is 4.23. The summed E-state index contributed by atoms with van der Waals surface area (Å²) in [6.07, 6.45) is 1.82. The van der Waals surface area contributed by atoms with E-state index in [0.717, 1.165) is 41.1 Å². The molecule has 34 heavy (non-hydrogen) atoms. The average molecular weight is 454 g/mol. The van der Waals surface area contributed by atoms with Gasteiger partial charge in [-0.25, -0.2) is 4.98 Å². The van der Waals surface area contributed by atoms with E-state index in [4.69, 9.17) is 9.72 Å². The van der Waals surface area contributed by atoms with E-state index < -0.39 is 0 Å². The Balaban J connectivity index is 1.79. The molecule has 1 amide bonds. The molecule has 174 valence electrons. The van der Waals surface area contributed by atoms with Gasteiger partial charge in [0.2, 0.25) is 0 Å². The number of nitrogens with one attached hydrogen (secondary N) is 1. The van der Waals surface area contributed by atoms with Gasteiger partial charge in [0, 0.05) is 18.2 Å². The van der Waals surface area contributed by atoms with E-state index in [0.29, 0.717) is 18.0 Å². The third-order valence-electron chi connectivity index (χ3n) is 5.85. The smallest absolute Gasteiger partial charge is 0.270 e. The molecular weight excluding hydrogens is 422 g/mol. The molecule has 0 aliphatic heterocycles. The zero-order chi connectivity index (χ0) is 23.9. The van der Waals surface area contributed by atoms with E-state index >= 15 is 0 Å². The Kier molecular flexibility index (Phi) is 7.43. The van der Waals surface area contributed by atoms with Crippen LogP contribution in [0.3, 0.4) is 0 Å². The molecule has 1 atom stereocenters. The Bertz CT molecular complexity index is 1230. The summed E-state index contributed by atoms with van der Waals surface area (Å²) in [4.78, 5) is 18.7. The Morgan fingerprint density at radius 3 is 2.29 bits per heavy atom. The van der Waals surface area contributed by atoms with Crippen LogP contribution in [0.2, 0.25) is 0 Å². The highest BCUT2D eigenvalue weighted by Crippen LogP contribution is 2.31. The lowest BCUT2D eigenvalue weighted by molar-refractivity contribution is 0.0927. The zero-order valence-corrected chi connectivity index (χ0v) is 20.0. The number of rotatable bonds is 9. The van der Waals surface area contributed by atoms with E-state index in [9.17, 15) is 4.79 Å². The summed E-state index contributed by atoms with van der Waals surface area (Å²) >= 11 is 0. The highest BCUT2D eigenvalue weighted by Gasteiger charge is 2.25. The standard InChI is InChI=1S/C29H31N3O2/c1-4-13-25(21-14-8-6-9-15-21)30-29(33)27-26(23-18-12-19-24(20-23)34-5-2)31-28(32(27)3)22-16-10-7-11-17-22/h6-12,14-20,25H,4-5,13H2,1-3H3,(H,30,33). The minimum Gasteiger partial charge on any atom is -0.494 e. The van der Waals surface area contributed by atoms with Crippen LogP contribution in [0, 0.1) is 0 Å². The molecule has 1 heterocycles. The van der Waals surface area contributed by atoms with Crippen molar-refractivity contribution in [1.29, 1.82) is 0 Å². The van der Waals surface area contributed by atoms with Crippen LogP contribution in [-0.4, -0.2) is 22.1 Å². The minimum absolute atomic E-state index is 0.0728. The maximum absolute atomic E-state index is 13.8. The summed E-state index contributed by atoms with van der Waals surface area (Å²) in [7, 11) is 1.90. The molecule has 5 nitrogen and oxygen atoms in total. The summed E-state index contributed by atoms with van der Waals surface area (Å²) in [6, 6.07) is 27.8. The van der Waals surface area contributed by atoms with Crippen LogP contribution < -0.4 is 10.1 Å². The Morgan fingerprint density at radius 2 is 1.62 bits per heavy atom. The van der Waals surface area contributed by atoms with Gasteiger partial charge < -0.3 is 14.6 Å². The van der Waals surface area contributed by atoms with E-state index in [1.54, 1.807) is 0 Å². The van der Waals surface area contributed by atoms with Crippen molar-refractivity contribution >= 4 is 5.91 Å². The van der Waals surface area contributed by atoms with Gasteiger partial charge in [-0.15, -0.1) is 0 Å². The highest BCUT2D eigenvalue weighted by atomic mass is 16.5. The largest absolute Gasteiger partial charge is 0.494 e. The molecule has 0 spiro atoms. The van der Waals surface area contributed by atoms with Crippen molar-refractivity contribution < 1.29 is 9.53 Å². The first-order chi connectivity index (χ1) is 16.6. The topological polar surface area (TPSA) is 56.1 Å². The van der Waals surface area contributed by atoms with E-state index in [2.05, 4.69) is 24.4 Å². The maximum Gasteiger partial charge on any atom is 0.270 e. The van der Waals surface area contributed by atoms with Gasteiger partial charge in [0.05, 0.1) is 12.6 Å². The molecule has 4 aromatic rings. The first-order valence-electron chi connectivity index (χ1n) is 11.8. The second kappa shape index (κ2) is 10.8. The van der Waals surface area contributed by atoms with Crippen molar-refractivity contribution in [2.24, 2.45) is 7.05 Å². The molecule has 0 aliphatic rings. The number of aromatic nitrogens is 2. The summed E-state index contributed by atoms with van der Waals surface area (Å²) < 4.78 is 7.60. The number of imidazole rings is 1. The van der Waals surface area contributed by atoms with Crippen LogP contribution in [0.1, 0.15) is 48.8 Å². The number of carbonyl (C=O) groups excluding carboxylic acids is 1. The van der Waals surface area contributed by atoms with Gasteiger partial charge in [-0.05, 0) is 31.0 Å². The molecule has 0 aliphatic carbocycles. The molecule has 4 rings (SSSR count). The molecule has 0 fully saturated rings. The normalized spacial score (nSPS) is 11.7. The van der Waals surface area contributed by atoms with Crippen LogP contribution in [0.5, 0.6) is 5.75 Å². The Labute approximate surface area is 201 Å². The third-order valence-corrected chi connectivity index (χ3v) is 5.85. The number of amides is 1. The van der Waals surface area contributed by atoms with Gasteiger partial charge in [0.1, 0.15) is 23.0 Å². The van der Waals surface area contributed by atoms with Gasteiger partial charge in [-0.3, -0.25) is 4.79 Å². The minimum atomic E-state index is -0.142. The molecule has 0 bridgehead atoms. The molecular formula is C29H31N3O2. The lowest BCUT2D eigenvalue weighted by Gasteiger charge is -2.19. The maximum atomic E-state index is 13.8. The van der Waals surface area contributed by atoms with Crippen molar-refractivity contribution in [2.45, 2.75) is 32.7 Å². The zero-order valence-electron chi connectivity index (χ0n) is 20.0. The number of carbonyl (C=O) groups is 1. The Morgan fingerprint density at radius 1 is 0.941 bits per heavy atom. The first kappa shape index (κ1) is 23.3. The first-order valence-corrected chi connectivity index (χ1v) is 11.8. The van der Waals surface area contributed by atoms with Crippen LogP contribution in [-0.2, 0) is 7.05 Å². The molecule has 1 unspecified atom stereocenters. The summed E-state index contributed by atoms with van der Waals surface area (Å²) in [5, 5.41) is 3.28. The number of benzene rings is 3. The summed E-state index contributed by atoms with van der Waals surface area (Å²) in [5.74, 6) is 1.36. The second-order valence-corrected chi connectivity index (χ2v) is 8.24.